The molecule has 23 heavy (non-hydrogen) atoms. The van der Waals surface area contributed by atoms with Crippen molar-refractivity contribution < 1.29 is 0 Å². The van der Waals surface area contributed by atoms with Gasteiger partial charge in [0.05, 0.1) is 11.5 Å². The first-order valence-electron chi connectivity index (χ1n) is 7.92. The number of nitrogens with one attached hydrogen (secondary N) is 1. The maximum absolute atomic E-state index is 4.41. The van der Waals surface area contributed by atoms with Crippen LogP contribution in [0.5, 0.6) is 0 Å². The minimum absolute atomic E-state index is 0.644. The van der Waals surface area contributed by atoms with Crippen LogP contribution >= 0.6 is 11.3 Å². The van der Waals surface area contributed by atoms with Crippen LogP contribution in [0.2, 0.25) is 0 Å². The van der Waals surface area contributed by atoms with E-state index in [-0.39, 0.29) is 0 Å². The van der Waals surface area contributed by atoms with Crippen molar-refractivity contribution in [2.75, 3.05) is 38.1 Å². The fourth-order valence-electron chi connectivity index (χ4n) is 2.76. The van der Waals surface area contributed by atoms with E-state index in [4.69, 9.17) is 0 Å². The quantitative estimate of drug-likeness (QED) is 0.674. The van der Waals surface area contributed by atoms with Crippen molar-refractivity contribution >= 4 is 22.3 Å². The summed E-state index contributed by atoms with van der Waals surface area (Å²) in [6, 6.07) is 4.29. The van der Waals surface area contributed by atoms with Crippen LogP contribution in [0.3, 0.4) is 0 Å². The molecule has 8 heteroatoms. The lowest BCUT2D eigenvalue weighted by Crippen LogP contribution is -2.52. The van der Waals surface area contributed by atoms with Gasteiger partial charge in [0.1, 0.15) is 6.33 Å². The predicted octanol–water partition coefficient (Wildman–Crippen LogP) is 1.26. The molecule has 0 unspecified atom stereocenters. The van der Waals surface area contributed by atoms with E-state index in [9.17, 15) is 0 Å². The minimum atomic E-state index is 0.644. The van der Waals surface area contributed by atoms with Gasteiger partial charge in [-0.15, -0.1) is 21.5 Å². The molecule has 0 aliphatic carbocycles. The molecule has 3 heterocycles. The largest absolute Gasteiger partial charge is 0.360 e. The standard InChI is InChI=1S/C15H23N7S/c1-3-20-12-18-19-13(20)11-17-15(16-2)22-8-6-21(7-9-22)14-5-4-10-23-14/h4-5,10,12H,3,6-9,11H2,1-2H3,(H,16,17). The van der Waals surface area contributed by atoms with Crippen LogP contribution in [0.25, 0.3) is 0 Å². The number of guanidine groups is 1. The zero-order valence-corrected chi connectivity index (χ0v) is 14.5. The highest BCUT2D eigenvalue weighted by molar-refractivity contribution is 7.14. The molecule has 2 aromatic heterocycles. The molecule has 1 fully saturated rings. The molecule has 0 amide bonds. The van der Waals surface area contributed by atoms with E-state index < -0.39 is 0 Å². The number of aromatic nitrogens is 3. The molecule has 124 valence electrons. The van der Waals surface area contributed by atoms with E-state index in [1.54, 1.807) is 17.7 Å². The van der Waals surface area contributed by atoms with Crippen molar-refractivity contribution in [3.63, 3.8) is 0 Å². The third-order valence-electron chi connectivity index (χ3n) is 4.05. The molecule has 1 aliphatic rings. The summed E-state index contributed by atoms with van der Waals surface area (Å²) in [6.07, 6.45) is 1.76. The zero-order valence-electron chi connectivity index (χ0n) is 13.6. The Balaban J connectivity index is 1.54. The molecule has 0 saturated carbocycles. The van der Waals surface area contributed by atoms with Crippen LogP contribution in [-0.4, -0.2) is 58.9 Å². The summed E-state index contributed by atoms with van der Waals surface area (Å²) in [6.45, 7) is 7.59. The van der Waals surface area contributed by atoms with Crippen molar-refractivity contribution in [1.82, 2.24) is 25.0 Å². The molecule has 0 atom stereocenters. The topological polar surface area (TPSA) is 61.6 Å². The van der Waals surface area contributed by atoms with Crippen LogP contribution in [-0.2, 0) is 13.1 Å². The highest BCUT2D eigenvalue weighted by atomic mass is 32.1. The molecule has 1 aliphatic heterocycles. The molecule has 7 nitrogen and oxygen atoms in total. The molecular weight excluding hydrogens is 310 g/mol. The lowest BCUT2D eigenvalue weighted by atomic mass is 10.3. The molecule has 1 saturated heterocycles. The molecule has 3 rings (SSSR count). The highest BCUT2D eigenvalue weighted by Crippen LogP contribution is 2.22. The second-order valence-corrected chi connectivity index (χ2v) is 6.29. The van der Waals surface area contributed by atoms with E-state index in [0.29, 0.717) is 6.54 Å². The van der Waals surface area contributed by atoms with E-state index in [1.165, 1.54) is 5.00 Å². The van der Waals surface area contributed by atoms with Gasteiger partial charge >= 0.3 is 0 Å². The van der Waals surface area contributed by atoms with Gasteiger partial charge in [0.2, 0.25) is 0 Å². The Labute approximate surface area is 140 Å². The van der Waals surface area contributed by atoms with Crippen molar-refractivity contribution in [2.45, 2.75) is 20.0 Å². The van der Waals surface area contributed by atoms with E-state index in [2.05, 4.69) is 54.7 Å². The van der Waals surface area contributed by atoms with Crippen molar-refractivity contribution in [3.05, 3.63) is 29.7 Å². The van der Waals surface area contributed by atoms with Crippen LogP contribution in [0, 0.1) is 0 Å². The summed E-state index contributed by atoms with van der Waals surface area (Å²) in [5, 5.41) is 15.0. The average Bonchev–Trinajstić information content (AvgIpc) is 3.27. The zero-order chi connectivity index (χ0) is 16.1. The monoisotopic (exact) mass is 333 g/mol. The van der Waals surface area contributed by atoms with Crippen LogP contribution in [0.1, 0.15) is 12.7 Å². The van der Waals surface area contributed by atoms with Gasteiger partial charge in [0.25, 0.3) is 0 Å². The predicted molar refractivity (Wildman–Crippen MR) is 94.0 cm³/mol. The molecule has 2 aromatic rings. The molecule has 0 spiro atoms. The Morgan fingerprint density at radius 3 is 2.83 bits per heavy atom. The van der Waals surface area contributed by atoms with Gasteiger partial charge in [-0.05, 0) is 24.4 Å². The van der Waals surface area contributed by atoms with Gasteiger partial charge in [-0.25, -0.2) is 0 Å². The number of aliphatic imine (C=N–C) groups is 1. The summed E-state index contributed by atoms with van der Waals surface area (Å²) >= 11 is 1.80. The lowest BCUT2D eigenvalue weighted by molar-refractivity contribution is 0.372. The minimum Gasteiger partial charge on any atom is -0.360 e. The number of hydrogen-bond acceptors (Lipinski definition) is 5. The number of thiophene rings is 1. The molecule has 0 bridgehead atoms. The van der Waals surface area contributed by atoms with Gasteiger partial charge in [-0.3, -0.25) is 4.99 Å². The number of rotatable bonds is 4. The molecular formula is C15H23N7S. The summed E-state index contributed by atoms with van der Waals surface area (Å²) < 4.78 is 2.04. The summed E-state index contributed by atoms with van der Waals surface area (Å²) in [7, 11) is 1.83. The van der Waals surface area contributed by atoms with Gasteiger partial charge in [0, 0.05) is 39.8 Å². The number of anilines is 1. The van der Waals surface area contributed by atoms with E-state index in [0.717, 1.165) is 44.5 Å². The number of nitrogens with zero attached hydrogens (tertiary/aromatic N) is 6. The first kappa shape index (κ1) is 15.8. The van der Waals surface area contributed by atoms with Crippen molar-refractivity contribution in [1.29, 1.82) is 0 Å². The Kier molecular flexibility index (Phi) is 5.12. The third kappa shape index (κ3) is 3.64. The molecule has 1 N–H and O–H groups in total. The SMILES string of the molecule is CCn1cnnc1CNC(=NC)N1CCN(c2cccs2)CC1. The van der Waals surface area contributed by atoms with Crippen molar-refractivity contribution in [2.24, 2.45) is 4.99 Å². The smallest absolute Gasteiger partial charge is 0.194 e. The van der Waals surface area contributed by atoms with Crippen molar-refractivity contribution in [3.8, 4) is 0 Å². The Hall–Kier alpha value is -2.09. The molecule has 0 radical (unpaired) electrons. The first-order chi connectivity index (χ1) is 11.3. The number of piperazine rings is 1. The number of hydrogen-bond donors (Lipinski definition) is 1. The fourth-order valence-corrected chi connectivity index (χ4v) is 3.54. The molecule has 0 aromatic carbocycles. The second-order valence-electron chi connectivity index (χ2n) is 5.36. The van der Waals surface area contributed by atoms with Crippen LogP contribution < -0.4 is 10.2 Å². The van der Waals surface area contributed by atoms with Gasteiger partial charge in [0.15, 0.2) is 11.8 Å². The van der Waals surface area contributed by atoms with E-state index in [1.807, 2.05) is 11.6 Å². The Morgan fingerprint density at radius 1 is 1.35 bits per heavy atom. The average molecular weight is 333 g/mol. The summed E-state index contributed by atoms with van der Waals surface area (Å²) in [4.78, 5) is 9.15. The van der Waals surface area contributed by atoms with Gasteiger partial charge in [-0.2, -0.15) is 0 Å². The normalized spacial score (nSPS) is 16.0. The van der Waals surface area contributed by atoms with Crippen LogP contribution in [0.15, 0.2) is 28.8 Å². The Bertz CT molecular complexity index is 626. The second kappa shape index (κ2) is 7.45. The third-order valence-corrected chi connectivity index (χ3v) is 4.98. The van der Waals surface area contributed by atoms with Gasteiger partial charge in [-0.1, -0.05) is 0 Å². The maximum atomic E-state index is 4.41. The summed E-state index contributed by atoms with van der Waals surface area (Å²) in [5.41, 5.74) is 0. The highest BCUT2D eigenvalue weighted by Gasteiger charge is 2.20. The first-order valence-corrected chi connectivity index (χ1v) is 8.80. The van der Waals surface area contributed by atoms with Gasteiger partial charge < -0.3 is 19.7 Å². The van der Waals surface area contributed by atoms with E-state index >= 15 is 0 Å². The Morgan fingerprint density at radius 2 is 2.17 bits per heavy atom. The fraction of sp³-hybridized carbons (Fsp3) is 0.533. The lowest BCUT2D eigenvalue weighted by Gasteiger charge is -2.36. The number of aryl methyl sites for hydroxylation is 1. The van der Waals surface area contributed by atoms with Crippen LogP contribution in [0.4, 0.5) is 5.00 Å². The summed E-state index contributed by atoms with van der Waals surface area (Å²) in [5.74, 6) is 1.87. The maximum Gasteiger partial charge on any atom is 0.194 e.